The number of hydrogen-bond donors (Lipinski definition) is 1. The second-order valence-electron chi connectivity index (χ2n) is 8.16. The molecule has 1 N–H and O–H groups in total. The molecule has 1 aromatic carbocycles. The maximum atomic E-state index is 9.92. The number of rotatable bonds is 2. The summed E-state index contributed by atoms with van der Waals surface area (Å²) in [6.45, 7) is 3.32. The number of phenolic OH excluding ortho intramolecular Hbond substituents is 1. The summed E-state index contributed by atoms with van der Waals surface area (Å²) < 4.78 is 5.51. The summed E-state index contributed by atoms with van der Waals surface area (Å²) in [5.41, 5.74) is 3.45. The van der Waals surface area contributed by atoms with Crippen molar-refractivity contribution in [3.05, 3.63) is 29.3 Å². The molecule has 0 unspecified atom stereocenters. The topological polar surface area (TPSA) is 29.5 Å². The Balaban J connectivity index is 1.75. The molecule has 0 aliphatic heterocycles. The summed E-state index contributed by atoms with van der Waals surface area (Å²) in [7, 11) is 1.80. The molecule has 0 spiro atoms. The Morgan fingerprint density at radius 3 is 2.91 bits per heavy atom. The number of aromatic hydroxyl groups is 1. The molecule has 3 aliphatic carbocycles. The Hall–Kier alpha value is -1.02. The summed E-state index contributed by atoms with van der Waals surface area (Å²) in [4.78, 5) is 0. The summed E-state index contributed by atoms with van der Waals surface area (Å²) in [5.74, 6) is 3.28. The Labute approximate surface area is 133 Å². The van der Waals surface area contributed by atoms with Gasteiger partial charge in [0.15, 0.2) is 0 Å². The molecular weight excluding hydrogens is 272 g/mol. The molecule has 0 radical (unpaired) electrons. The molecule has 0 saturated heterocycles. The average molecular weight is 300 g/mol. The second kappa shape index (κ2) is 5.26. The van der Waals surface area contributed by atoms with E-state index in [9.17, 15) is 5.11 Å². The largest absolute Gasteiger partial charge is 0.508 e. The molecule has 2 fully saturated rings. The average Bonchev–Trinajstić information content (AvgIpc) is 2.90. The monoisotopic (exact) mass is 300 g/mol. The molecule has 1 aromatic rings. The smallest absolute Gasteiger partial charge is 0.115 e. The summed E-state index contributed by atoms with van der Waals surface area (Å²) in [5, 5.41) is 9.92. The minimum absolute atomic E-state index is 0.403. The number of ether oxygens (including phenoxy) is 1. The molecule has 0 bridgehead atoms. The Morgan fingerprint density at radius 2 is 2.09 bits per heavy atom. The lowest BCUT2D eigenvalue weighted by molar-refractivity contribution is 0.0441. The zero-order chi connectivity index (χ0) is 15.3. The van der Waals surface area contributed by atoms with E-state index in [0.717, 1.165) is 18.4 Å². The highest BCUT2D eigenvalue weighted by molar-refractivity contribution is 5.42. The van der Waals surface area contributed by atoms with Crippen molar-refractivity contribution in [1.29, 1.82) is 0 Å². The van der Waals surface area contributed by atoms with Gasteiger partial charge in [0.05, 0.1) is 6.61 Å². The molecule has 5 atom stereocenters. The lowest BCUT2D eigenvalue weighted by atomic mass is 9.54. The minimum atomic E-state index is 0.403. The van der Waals surface area contributed by atoms with Crippen molar-refractivity contribution in [3.63, 3.8) is 0 Å². The van der Waals surface area contributed by atoms with Gasteiger partial charge >= 0.3 is 0 Å². The normalized spacial score (nSPS) is 39.9. The van der Waals surface area contributed by atoms with E-state index >= 15 is 0 Å². The third-order valence-electron chi connectivity index (χ3n) is 7.05. The first-order chi connectivity index (χ1) is 10.6. The van der Waals surface area contributed by atoms with Gasteiger partial charge < -0.3 is 9.84 Å². The van der Waals surface area contributed by atoms with Gasteiger partial charge in [0, 0.05) is 13.0 Å². The number of phenols is 1. The molecule has 120 valence electrons. The Kier molecular flexibility index (Phi) is 3.48. The van der Waals surface area contributed by atoms with Crippen LogP contribution in [0.5, 0.6) is 5.75 Å². The van der Waals surface area contributed by atoms with Gasteiger partial charge in [-0.15, -0.1) is 0 Å². The maximum absolute atomic E-state index is 9.92. The van der Waals surface area contributed by atoms with Gasteiger partial charge in [0.2, 0.25) is 0 Å². The molecule has 3 aliphatic rings. The fourth-order valence-electron chi connectivity index (χ4n) is 6.06. The van der Waals surface area contributed by atoms with E-state index in [-0.39, 0.29) is 0 Å². The molecule has 0 amide bonds. The number of hydrogen-bond acceptors (Lipinski definition) is 2. The molecular formula is C20H28O2. The van der Waals surface area contributed by atoms with Crippen LogP contribution in [-0.4, -0.2) is 18.8 Å². The summed E-state index contributed by atoms with van der Waals surface area (Å²) >= 11 is 0. The van der Waals surface area contributed by atoms with Crippen LogP contribution < -0.4 is 0 Å². The fourth-order valence-corrected chi connectivity index (χ4v) is 6.06. The van der Waals surface area contributed by atoms with Gasteiger partial charge in [0.1, 0.15) is 5.75 Å². The minimum Gasteiger partial charge on any atom is -0.508 e. The van der Waals surface area contributed by atoms with Crippen molar-refractivity contribution in [3.8, 4) is 5.75 Å². The van der Waals surface area contributed by atoms with Crippen molar-refractivity contribution in [2.24, 2.45) is 17.3 Å². The van der Waals surface area contributed by atoms with Crippen LogP contribution in [-0.2, 0) is 4.74 Å². The highest BCUT2D eigenvalue weighted by Crippen LogP contribution is 2.62. The van der Waals surface area contributed by atoms with E-state index in [1.54, 1.807) is 7.11 Å². The molecule has 2 heteroatoms. The van der Waals surface area contributed by atoms with Crippen LogP contribution in [0, 0.1) is 17.3 Å². The zero-order valence-corrected chi connectivity index (χ0v) is 13.8. The van der Waals surface area contributed by atoms with Crippen molar-refractivity contribution < 1.29 is 9.84 Å². The second-order valence-corrected chi connectivity index (χ2v) is 8.16. The SMILES string of the molecule is COC[C@@H]1C[C@H]2[C@H](CC[C@]3(C)CCC[C@@H]23)c2ccc(O)cc21. The number of fused-ring (bicyclic) bond motifs is 5. The van der Waals surface area contributed by atoms with Gasteiger partial charge in [-0.1, -0.05) is 19.4 Å². The van der Waals surface area contributed by atoms with Crippen LogP contribution in [0.25, 0.3) is 0 Å². The van der Waals surface area contributed by atoms with Gasteiger partial charge in [-0.25, -0.2) is 0 Å². The van der Waals surface area contributed by atoms with E-state index in [2.05, 4.69) is 13.0 Å². The standard InChI is InChI=1S/C20H28O2/c1-20-8-3-4-19(20)18-10-13(12-22-2)17-11-14(21)5-6-15(17)16(18)7-9-20/h5-6,11,13,16,18-19,21H,3-4,7-10,12H2,1-2H3/t13-,16+,18-,19-,20-/m0/s1. The predicted octanol–water partition coefficient (Wildman–Crippen LogP) is 4.83. The van der Waals surface area contributed by atoms with E-state index in [0.29, 0.717) is 23.0 Å². The first kappa shape index (κ1) is 14.6. The van der Waals surface area contributed by atoms with Crippen LogP contribution in [0.1, 0.15) is 68.4 Å². The van der Waals surface area contributed by atoms with Crippen LogP contribution in [0.3, 0.4) is 0 Å². The third kappa shape index (κ3) is 2.11. The van der Waals surface area contributed by atoms with Crippen LogP contribution in [0.15, 0.2) is 18.2 Å². The molecule has 0 aromatic heterocycles. The maximum Gasteiger partial charge on any atom is 0.115 e. The molecule has 0 heterocycles. The summed E-state index contributed by atoms with van der Waals surface area (Å²) in [6.07, 6.45) is 8.23. The Bertz CT molecular complexity index is 567. The van der Waals surface area contributed by atoms with Gasteiger partial charge in [0.25, 0.3) is 0 Å². The van der Waals surface area contributed by atoms with Crippen molar-refractivity contribution in [2.45, 2.75) is 57.3 Å². The van der Waals surface area contributed by atoms with E-state index in [1.807, 2.05) is 12.1 Å². The first-order valence-electron chi connectivity index (χ1n) is 8.94. The predicted molar refractivity (Wildman–Crippen MR) is 88.3 cm³/mol. The third-order valence-corrected chi connectivity index (χ3v) is 7.05. The van der Waals surface area contributed by atoms with Crippen molar-refractivity contribution >= 4 is 0 Å². The molecule has 4 rings (SSSR count). The van der Waals surface area contributed by atoms with E-state index < -0.39 is 0 Å². The first-order valence-corrected chi connectivity index (χ1v) is 8.94. The lowest BCUT2D eigenvalue weighted by Crippen LogP contribution is -2.41. The van der Waals surface area contributed by atoms with Crippen LogP contribution in [0.4, 0.5) is 0 Å². The van der Waals surface area contributed by atoms with Crippen molar-refractivity contribution in [2.75, 3.05) is 13.7 Å². The van der Waals surface area contributed by atoms with Gasteiger partial charge in [-0.3, -0.25) is 0 Å². The van der Waals surface area contributed by atoms with Crippen molar-refractivity contribution in [1.82, 2.24) is 0 Å². The zero-order valence-electron chi connectivity index (χ0n) is 13.8. The van der Waals surface area contributed by atoms with E-state index in [4.69, 9.17) is 4.74 Å². The Morgan fingerprint density at radius 1 is 1.23 bits per heavy atom. The summed E-state index contributed by atoms with van der Waals surface area (Å²) in [6, 6.07) is 6.08. The number of methoxy groups -OCH3 is 1. The van der Waals surface area contributed by atoms with Crippen LogP contribution in [0.2, 0.25) is 0 Å². The molecule has 2 nitrogen and oxygen atoms in total. The van der Waals surface area contributed by atoms with Gasteiger partial charge in [-0.05, 0) is 78.5 Å². The lowest BCUT2D eigenvalue weighted by Gasteiger charge is -2.50. The number of benzene rings is 1. The molecule has 22 heavy (non-hydrogen) atoms. The molecule has 2 saturated carbocycles. The quantitative estimate of drug-likeness (QED) is 0.848. The van der Waals surface area contributed by atoms with Gasteiger partial charge in [-0.2, -0.15) is 0 Å². The fraction of sp³-hybridized carbons (Fsp3) is 0.700. The van der Waals surface area contributed by atoms with Crippen LogP contribution >= 0.6 is 0 Å². The van der Waals surface area contributed by atoms with E-state index in [1.165, 1.54) is 49.7 Å². The highest BCUT2D eigenvalue weighted by Gasteiger charge is 2.51. The highest BCUT2D eigenvalue weighted by atomic mass is 16.5.